The summed E-state index contributed by atoms with van der Waals surface area (Å²) in [6.45, 7) is 5.18. The van der Waals surface area contributed by atoms with Crippen molar-refractivity contribution in [1.29, 1.82) is 0 Å². The van der Waals surface area contributed by atoms with Gasteiger partial charge in [-0.15, -0.1) is 0 Å². The summed E-state index contributed by atoms with van der Waals surface area (Å²) in [4.78, 5) is 0. The van der Waals surface area contributed by atoms with Gasteiger partial charge in [0.05, 0.1) is 18.8 Å². The third-order valence-corrected chi connectivity index (χ3v) is 4.02. The molecule has 0 aromatic carbocycles. The Bertz CT molecular complexity index is 142. The van der Waals surface area contributed by atoms with Crippen LogP contribution in [-0.4, -0.2) is 35.4 Å². The molecule has 14 heavy (non-hydrogen) atoms. The zero-order valence-electron chi connectivity index (χ0n) is 9.24. The predicted octanol–water partition coefficient (Wildman–Crippen LogP) is 2.31. The third-order valence-electron chi connectivity index (χ3n) is 3.00. The summed E-state index contributed by atoms with van der Waals surface area (Å²) >= 11 is 1.89. The fraction of sp³-hybridized carbons (Fsp3) is 1.00. The van der Waals surface area contributed by atoms with Crippen LogP contribution in [0.15, 0.2) is 0 Å². The number of thioether (sulfide) groups is 1. The van der Waals surface area contributed by atoms with E-state index in [9.17, 15) is 5.11 Å². The standard InChI is InChI=1S/C11H22O2S/c1-3-9(4-2)7-10(12)11-8-14-6-5-13-11/h9-12H,3-8H2,1-2H3. The Morgan fingerprint density at radius 3 is 2.64 bits per heavy atom. The number of rotatable bonds is 5. The van der Waals surface area contributed by atoms with Gasteiger partial charge in [0.15, 0.2) is 0 Å². The summed E-state index contributed by atoms with van der Waals surface area (Å²) in [6.07, 6.45) is 3.04. The molecule has 0 aromatic heterocycles. The molecular formula is C11H22O2S. The van der Waals surface area contributed by atoms with E-state index in [1.165, 1.54) is 0 Å². The van der Waals surface area contributed by atoms with Crippen LogP contribution >= 0.6 is 11.8 Å². The van der Waals surface area contributed by atoms with Crippen molar-refractivity contribution in [3.05, 3.63) is 0 Å². The van der Waals surface area contributed by atoms with E-state index in [1.54, 1.807) is 0 Å². The van der Waals surface area contributed by atoms with Gasteiger partial charge < -0.3 is 9.84 Å². The molecule has 1 rings (SSSR count). The second-order valence-electron chi connectivity index (χ2n) is 3.97. The summed E-state index contributed by atoms with van der Waals surface area (Å²) in [5.74, 6) is 2.69. The highest BCUT2D eigenvalue weighted by molar-refractivity contribution is 7.99. The van der Waals surface area contributed by atoms with Crippen molar-refractivity contribution in [1.82, 2.24) is 0 Å². The first-order valence-electron chi connectivity index (χ1n) is 5.65. The van der Waals surface area contributed by atoms with Gasteiger partial charge in [0.1, 0.15) is 0 Å². The van der Waals surface area contributed by atoms with Gasteiger partial charge in [-0.05, 0) is 12.3 Å². The number of ether oxygens (including phenoxy) is 1. The van der Waals surface area contributed by atoms with E-state index < -0.39 is 0 Å². The van der Waals surface area contributed by atoms with Crippen LogP contribution in [-0.2, 0) is 4.74 Å². The number of hydrogen-bond donors (Lipinski definition) is 1. The molecule has 3 heteroatoms. The molecule has 84 valence electrons. The average molecular weight is 218 g/mol. The van der Waals surface area contributed by atoms with E-state index in [1.807, 2.05) is 11.8 Å². The zero-order chi connectivity index (χ0) is 10.4. The maximum atomic E-state index is 9.97. The molecule has 2 atom stereocenters. The SMILES string of the molecule is CCC(CC)CC(O)C1CSCCO1. The Kier molecular flexibility index (Phi) is 5.90. The molecule has 0 radical (unpaired) electrons. The second-order valence-corrected chi connectivity index (χ2v) is 5.12. The van der Waals surface area contributed by atoms with Crippen LogP contribution in [0.4, 0.5) is 0 Å². The van der Waals surface area contributed by atoms with Gasteiger partial charge >= 0.3 is 0 Å². The van der Waals surface area contributed by atoms with Gasteiger partial charge in [-0.1, -0.05) is 26.7 Å². The lowest BCUT2D eigenvalue weighted by atomic mass is 9.94. The molecule has 1 saturated heterocycles. The van der Waals surface area contributed by atoms with Gasteiger partial charge in [0.25, 0.3) is 0 Å². The summed E-state index contributed by atoms with van der Waals surface area (Å²) in [6, 6.07) is 0. The summed E-state index contributed by atoms with van der Waals surface area (Å²) in [5, 5.41) is 9.97. The van der Waals surface area contributed by atoms with Crippen LogP contribution in [0.1, 0.15) is 33.1 Å². The molecule has 0 amide bonds. The third kappa shape index (κ3) is 3.79. The lowest BCUT2D eigenvalue weighted by molar-refractivity contribution is -0.0317. The van der Waals surface area contributed by atoms with Crippen LogP contribution in [0.25, 0.3) is 0 Å². The van der Waals surface area contributed by atoms with Crippen molar-refractivity contribution < 1.29 is 9.84 Å². The minimum absolute atomic E-state index is 0.0781. The molecule has 2 nitrogen and oxygen atoms in total. The van der Waals surface area contributed by atoms with Gasteiger partial charge in [-0.3, -0.25) is 0 Å². The Labute approximate surface area is 91.4 Å². The summed E-state index contributed by atoms with van der Waals surface area (Å²) in [5.41, 5.74) is 0. The van der Waals surface area contributed by atoms with Crippen LogP contribution in [0.2, 0.25) is 0 Å². The first kappa shape index (κ1) is 12.3. The monoisotopic (exact) mass is 218 g/mol. The van der Waals surface area contributed by atoms with Crippen molar-refractivity contribution >= 4 is 11.8 Å². The predicted molar refractivity (Wildman–Crippen MR) is 61.8 cm³/mol. The molecule has 1 aliphatic heterocycles. The lowest BCUT2D eigenvalue weighted by Gasteiger charge is -2.28. The van der Waals surface area contributed by atoms with Crippen LogP contribution in [0.3, 0.4) is 0 Å². The Hall–Kier alpha value is 0.270. The highest BCUT2D eigenvalue weighted by Crippen LogP contribution is 2.22. The molecule has 0 aliphatic carbocycles. The van der Waals surface area contributed by atoms with Gasteiger partial charge in [-0.25, -0.2) is 0 Å². The van der Waals surface area contributed by atoms with Crippen molar-refractivity contribution in [2.24, 2.45) is 5.92 Å². The van der Waals surface area contributed by atoms with Crippen LogP contribution in [0.5, 0.6) is 0 Å². The Morgan fingerprint density at radius 1 is 1.43 bits per heavy atom. The minimum atomic E-state index is -0.257. The lowest BCUT2D eigenvalue weighted by Crippen LogP contribution is -2.36. The van der Waals surface area contributed by atoms with Crippen LogP contribution in [0, 0.1) is 5.92 Å². The quantitative estimate of drug-likeness (QED) is 0.768. The first-order chi connectivity index (χ1) is 6.77. The van der Waals surface area contributed by atoms with Gasteiger partial charge in [0, 0.05) is 11.5 Å². The molecule has 1 heterocycles. The van der Waals surface area contributed by atoms with Crippen LogP contribution < -0.4 is 0 Å². The maximum Gasteiger partial charge on any atom is 0.0924 e. The molecule has 1 aliphatic rings. The number of hydrogen-bond acceptors (Lipinski definition) is 3. The van der Waals surface area contributed by atoms with E-state index in [2.05, 4.69) is 13.8 Å². The zero-order valence-corrected chi connectivity index (χ0v) is 10.1. The fourth-order valence-electron chi connectivity index (χ4n) is 1.84. The molecule has 1 N–H and O–H groups in total. The Morgan fingerprint density at radius 2 is 2.14 bits per heavy atom. The van der Waals surface area contributed by atoms with E-state index in [0.29, 0.717) is 5.92 Å². The Balaban J connectivity index is 2.27. The highest BCUT2D eigenvalue weighted by Gasteiger charge is 2.24. The second kappa shape index (κ2) is 6.70. The van der Waals surface area contributed by atoms with E-state index in [-0.39, 0.29) is 12.2 Å². The summed E-state index contributed by atoms with van der Waals surface area (Å²) < 4.78 is 5.56. The minimum Gasteiger partial charge on any atom is -0.390 e. The van der Waals surface area contributed by atoms with E-state index >= 15 is 0 Å². The topological polar surface area (TPSA) is 29.5 Å². The van der Waals surface area contributed by atoms with Gasteiger partial charge in [-0.2, -0.15) is 11.8 Å². The summed E-state index contributed by atoms with van der Waals surface area (Å²) in [7, 11) is 0. The molecule has 0 bridgehead atoms. The first-order valence-corrected chi connectivity index (χ1v) is 6.80. The average Bonchev–Trinajstić information content (AvgIpc) is 2.26. The highest BCUT2D eigenvalue weighted by atomic mass is 32.2. The molecule has 0 saturated carbocycles. The smallest absolute Gasteiger partial charge is 0.0924 e. The van der Waals surface area contributed by atoms with Gasteiger partial charge in [0.2, 0.25) is 0 Å². The fourth-order valence-corrected chi connectivity index (χ4v) is 2.77. The van der Waals surface area contributed by atoms with Crippen molar-refractivity contribution in [2.45, 2.75) is 45.3 Å². The normalized spacial score (nSPS) is 25.3. The molecular weight excluding hydrogens is 196 g/mol. The molecule has 0 aromatic rings. The molecule has 1 fully saturated rings. The van der Waals surface area contributed by atoms with Crippen molar-refractivity contribution in [3.8, 4) is 0 Å². The number of aliphatic hydroxyl groups is 1. The van der Waals surface area contributed by atoms with E-state index in [4.69, 9.17) is 4.74 Å². The maximum absolute atomic E-state index is 9.97. The molecule has 2 unspecified atom stereocenters. The largest absolute Gasteiger partial charge is 0.390 e. The number of aliphatic hydroxyl groups excluding tert-OH is 1. The van der Waals surface area contributed by atoms with Crippen molar-refractivity contribution in [3.63, 3.8) is 0 Å². The molecule has 0 spiro atoms. The van der Waals surface area contributed by atoms with Crippen molar-refractivity contribution in [2.75, 3.05) is 18.1 Å². The van der Waals surface area contributed by atoms with E-state index in [0.717, 1.165) is 37.4 Å².